The number of rotatable bonds is 5. The maximum absolute atomic E-state index is 12.4. The molecule has 0 unspecified atom stereocenters. The molecule has 0 saturated heterocycles. The average molecular weight is 357 g/mol. The Balaban J connectivity index is 1.43. The van der Waals surface area contributed by atoms with Crippen LogP contribution in [0.15, 0.2) is 72.9 Å². The van der Waals surface area contributed by atoms with E-state index in [0.29, 0.717) is 11.6 Å². The van der Waals surface area contributed by atoms with Crippen LogP contribution in [0.25, 0.3) is 10.9 Å². The van der Waals surface area contributed by atoms with E-state index in [1.165, 1.54) is 0 Å². The molecule has 2 aromatic heterocycles. The summed E-state index contributed by atoms with van der Waals surface area (Å²) in [6.45, 7) is 0. The lowest BCUT2D eigenvalue weighted by atomic mass is 10.1. The Bertz CT molecular complexity index is 1060. The van der Waals surface area contributed by atoms with Crippen molar-refractivity contribution >= 4 is 34.1 Å². The van der Waals surface area contributed by atoms with E-state index in [4.69, 9.17) is 0 Å². The van der Waals surface area contributed by atoms with Crippen LogP contribution in [0.4, 0.5) is 17.3 Å². The molecule has 6 nitrogen and oxygen atoms in total. The van der Waals surface area contributed by atoms with E-state index in [1.54, 1.807) is 6.07 Å². The predicted molar refractivity (Wildman–Crippen MR) is 107 cm³/mol. The molecule has 0 fully saturated rings. The fourth-order valence-electron chi connectivity index (χ4n) is 2.99. The van der Waals surface area contributed by atoms with Crippen molar-refractivity contribution in [1.29, 1.82) is 0 Å². The van der Waals surface area contributed by atoms with E-state index in [2.05, 4.69) is 20.5 Å². The number of hydrogen-bond donors (Lipinski definition) is 2. The minimum atomic E-state index is -0.127. The van der Waals surface area contributed by atoms with E-state index in [0.717, 1.165) is 22.2 Å². The quantitative estimate of drug-likeness (QED) is 0.568. The van der Waals surface area contributed by atoms with Gasteiger partial charge in [0.25, 0.3) is 0 Å². The number of carbonyl (C=O) groups excluding carboxylic acids is 1. The number of fused-ring (bicyclic) bond motifs is 1. The molecule has 1 amide bonds. The van der Waals surface area contributed by atoms with Crippen LogP contribution in [0.2, 0.25) is 0 Å². The lowest BCUT2D eigenvalue weighted by Crippen LogP contribution is -2.17. The van der Waals surface area contributed by atoms with E-state index < -0.39 is 0 Å². The van der Waals surface area contributed by atoms with E-state index >= 15 is 0 Å². The van der Waals surface area contributed by atoms with Crippen LogP contribution >= 0.6 is 0 Å². The molecule has 0 spiro atoms. The predicted octanol–water partition coefficient (Wildman–Crippen LogP) is 3.91. The molecule has 134 valence electrons. The number of amides is 1. The first-order valence-electron chi connectivity index (χ1n) is 8.68. The minimum Gasteiger partial charge on any atom is -0.361 e. The first-order chi connectivity index (χ1) is 13.2. The van der Waals surface area contributed by atoms with E-state index in [-0.39, 0.29) is 12.3 Å². The van der Waals surface area contributed by atoms with Gasteiger partial charge in [-0.05, 0) is 35.9 Å². The van der Waals surface area contributed by atoms with Gasteiger partial charge in [0.1, 0.15) is 0 Å². The zero-order valence-electron chi connectivity index (χ0n) is 14.9. The van der Waals surface area contributed by atoms with Gasteiger partial charge in [-0.25, -0.2) is 0 Å². The Labute approximate surface area is 156 Å². The van der Waals surface area contributed by atoms with Crippen LogP contribution in [-0.2, 0) is 11.2 Å². The van der Waals surface area contributed by atoms with Gasteiger partial charge in [0.15, 0.2) is 11.6 Å². The largest absolute Gasteiger partial charge is 0.361 e. The highest BCUT2D eigenvalue weighted by atomic mass is 16.1. The van der Waals surface area contributed by atoms with Crippen molar-refractivity contribution in [2.24, 2.45) is 0 Å². The highest BCUT2D eigenvalue weighted by Crippen LogP contribution is 2.21. The summed E-state index contributed by atoms with van der Waals surface area (Å²) in [6, 6.07) is 21.4. The van der Waals surface area contributed by atoms with Gasteiger partial charge >= 0.3 is 0 Å². The molecule has 0 bridgehead atoms. The molecule has 0 aliphatic carbocycles. The summed E-state index contributed by atoms with van der Waals surface area (Å²) in [4.78, 5) is 17.5. The van der Waals surface area contributed by atoms with Crippen molar-refractivity contribution in [3.63, 3.8) is 0 Å². The molecule has 0 aliphatic heterocycles. The Morgan fingerprint density at radius 3 is 2.56 bits per heavy atom. The second-order valence-corrected chi connectivity index (χ2v) is 6.26. The van der Waals surface area contributed by atoms with Gasteiger partial charge in [0.2, 0.25) is 5.91 Å². The molecular formula is C21H19N5O. The first kappa shape index (κ1) is 16.8. The zero-order chi connectivity index (χ0) is 18.6. The Morgan fingerprint density at radius 1 is 1.00 bits per heavy atom. The maximum Gasteiger partial charge on any atom is 0.230 e. The SMILES string of the molecule is CN(c1ccccc1)c1ccc(NC(=O)Cc2c[nH]c3ccccc23)nn1. The van der Waals surface area contributed by atoms with Gasteiger partial charge in [0, 0.05) is 29.8 Å². The van der Waals surface area contributed by atoms with E-state index in [1.807, 2.05) is 78.8 Å². The van der Waals surface area contributed by atoms with Crippen LogP contribution in [-0.4, -0.2) is 28.1 Å². The normalized spacial score (nSPS) is 10.7. The summed E-state index contributed by atoms with van der Waals surface area (Å²) in [5, 5.41) is 12.2. The smallest absolute Gasteiger partial charge is 0.230 e. The Hall–Kier alpha value is -3.67. The molecule has 2 aromatic carbocycles. The lowest BCUT2D eigenvalue weighted by molar-refractivity contribution is -0.115. The Morgan fingerprint density at radius 2 is 1.78 bits per heavy atom. The topological polar surface area (TPSA) is 73.9 Å². The highest BCUT2D eigenvalue weighted by molar-refractivity contribution is 5.95. The molecule has 0 atom stereocenters. The molecule has 0 aliphatic rings. The summed E-state index contributed by atoms with van der Waals surface area (Å²) in [7, 11) is 1.93. The fourth-order valence-corrected chi connectivity index (χ4v) is 2.99. The molecule has 2 N–H and O–H groups in total. The van der Waals surface area contributed by atoms with Crippen LogP contribution in [0.5, 0.6) is 0 Å². The third-order valence-corrected chi connectivity index (χ3v) is 4.43. The summed E-state index contributed by atoms with van der Waals surface area (Å²) in [6.07, 6.45) is 2.14. The molecular weight excluding hydrogens is 338 g/mol. The third kappa shape index (κ3) is 3.64. The number of anilines is 3. The van der Waals surface area contributed by atoms with Crippen molar-refractivity contribution in [3.8, 4) is 0 Å². The summed E-state index contributed by atoms with van der Waals surface area (Å²) in [5.41, 5.74) is 2.99. The van der Waals surface area contributed by atoms with Gasteiger partial charge in [-0.2, -0.15) is 0 Å². The van der Waals surface area contributed by atoms with Crippen molar-refractivity contribution in [1.82, 2.24) is 15.2 Å². The number of nitrogens with zero attached hydrogens (tertiary/aromatic N) is 3. The number of aromatic amines is 1. The van der Waals surface area contributed by atoms with Gasteiger partial charge in [-0.3, -0.25) is 4.79 Å². The summed E-state index contributed by atoms with van der Waals surface area (Å²) < 4.78 is 0. The van der Waals surface area contributed by atoms with E-state index in [9.17, 15) is 4.79 Å². The number of H-pyrrole nitrogens is 1. The van der Waals surface area contributed by atoms with Crippen molar-refractivity contribution < 1.29 is 4.79 Å². The van der Waals surface area contributed by atoms with Crippen molar-refractivity contribution in [2.75, 3.05) is 17.3 Å². The summed E-state index contributed by atoms with van der Waals surface area (Å²) >= 11 is 0. The monoisotopic (exact) mass is 357 g/mol. The highest BCUT2D eigenvalue weighted by Gasteiger charge is 2.11. The standard InChI is InChI=1S/C21H19N5O/c1-26(16-7-3-2-4-8-16)20-12-11-19(24-25-20)23-21(27)13-15-14-22-18-10-6-5-9-17(15)18/h2-12,14,22H,13H2,1H3,(H,23,24,27). The molecule has 27 heavy (non-hydrogen) atoms. The third-order valence-electron chi connectivity index (χ3n) is 4.43. The molecule has 2 heterocycles. The first-order valence-corrected chi connectivity index (χ1v) is 8.68. The van der Waals surface area contributed by atoms with Gasteiger partial charge in [-0.15, -0.1) is 10.2 Å². The maximum atomic E-state index is 12.4. The molecule has 4 aromatic rings. The number of carbonyl (C=O) groups is 1. The number of benzene rings is 2. The number of nitrogens with one attached hydrogen (secondary N) is 2. The van der Waals surface area contributed by atoms with Crippen molar-refractivity contribution in [3.05, 3.63) is 78.5 Å². The summed E-state index contributed by atoms with van der Waals surface area (Å²) in [5.74, 6) is 1.01. The number of aromatic nitrogens is 3. The number of para-hydroxylation sites is 2. The zero-order valence-corrected chi connectivity index (χ0v) is 14.9. The van der Waals surface area contributed by atoms with Gasteiger partial charge < -0.3 is 15.2 Å². The minimum absolute atomic E-state index is 0.127. The van der Waals surface area contributed by atoms with Crippen LogP contribution < -0.4 is 10.2 Å². The van der Waals surface area contributed by atoms with Crippen LogP contribution in [0.3, 0.4) is 0 Å². The van der Waals surface area contributed by atoms with Crippen LogP contribution in [0, 0.1) is 0 Å². The van der Waals surface area contributed by atoms with Crippen LogP contribution in [0.1, 0.15) is 5.56 Å². The van der Waals surface area contributed by atoms with Crippen molar-refractivity contribution in [2.45, 2.75) is 6.42 Å². The fraction of sp³-hybridized carbons (Fsp3) is 0.0952. The second kappa shape index (κ2) is 7.29. The van der Waals surface area contributed by atoms with Gasteiger partial charge in [-0.1, -0.05) is 36.4 Å². The van der Waals surface area contributed by atoms with Gasteiger partial charge in [0.05, 0.1) is 6.42 Å². The molecule has 0 radical (unpaired) electrons. The molecule has 0 saturated carbocycles. The second-order valence-electron chi connectivity index (χ2n) is 6.26. The number of hydrogen-bond acceptors (Lipinski definition) is 4. The Kier molecular flexibility index (Phi) is 4.53. The molecule has 4 rings (SSSR count). The molecule has 6 heteroatoms. The lowest BCUT2D eigenvalue weighted by Gasteiger charge is -2.17. The average Bonchev–Trinajstić information content (AvgIpc) is 3.11.